The second-order valence-electron chi connectivity index (χ2n) is 3.21. The van der Waals surface area contributed by atoms with Crippen LogP contribution in [0.1, 0.15) is 18.1 Å². The monoisotopic (exact) mass is 194 g/mol. The molecule has 0 aliphatic heterocycles. The van der Waals surface area contributed by atoms with E-state index in [-0.39, 0.29) is 0 Å². The van der Waals surface area contributed by atoms with Gasteiger partial charge in [0.25, 0.3) is 0 Å². The summed E-state index contributed by atoms with van der Waals surface area (Å²) in [5.74, 6) is 0.800. The largest absolute Gasteiger partial charge is 0.494 e. The van der Waals surface area contributed by atoms with Crippen molar-refractivity contribution in [3.63, 3.8) is 0 Å². The minimum absolute atomic E-state index is 0.533. The highest BCUT2D eigenvalue weighted by Gasteiger charge is 2.16. The van der Waals surface area contributed by atoms with Crippen LogP contribution >= 0.6 is 0 Å². The highest BCUT2D eigenvalue weighted by atomic mass is 16.5. The molecule has 0 spiro atoms. The molecule has 14 heavy (non-hydrogen) atoms. The summed E-state index contributed by atoms with van der Waals surface area (Å²) >= 11 is 0. The van der Waals surface area contributed by atoms with Gasteiger partial charge in [0, 0.05) is 0 Å². The third kappa shape index (κ3) is 2.08. The molecule has 1 aromatic rings. The molecule has 0 aromatic heterocycles. The molecule has 0 fully saturated rings. The SMILES string of the molecule is CCOc1ccc(B(O)O)c(C)c1C. The summed E-state index contributed by atoms with van der Waals surface area (Å²) in [6.45, 7) is 6.30. The maximum atomic E-state index is 9.06. The van der Waals surface area contributed by atoms with Crippen molar-refractivity contribution < 1.29 is 14.8 Å². The summed E-state index contributed by atoms with van der Waals surface area (Å²) in [7, 11) is -1.41. The van der Waals surface area contributed by atoms with Gasteiger partial charge >= 0.3 is 7.12 Å². The lowest BCUT2D eigenvalue weighted by molar-refractivity contribution is 0.337. The van der Waals surface area contributed by atoms with E-state index in [1.165, 1.54) is 0 Å². The Labute approximate surface area is 84.5 Å². The van der Waals surface area contributed by atoms with Crippen molar-refractivity contribution in [2.75, 3.05) is 6.61 Å². The summed E-state index contributed by atoms with van der Waals surface area (Å²) in [6, 6.07) is 3.44. The van der Waals surface area contributed by atoms with E-state index in [0.29, 0.717) is 12.1 Å². The van der Waals surface area contributed by atoms with E-state index in [9.17, 15) is 0 Å². The summed E-state index contributed by atoms with van der Waals surface area (Å²) in [6.07, 6.45) is 0. The van der Waals surface area contributed by atoms with Gasteiger partial charge in [-0.05, 0) is 43.4 Å². The first-order chi connectivity index (χ1) is 6.57. The first kappa shape index (κ1) is 11.1. The van der Waals surface area contributed by atoms with Crippen molar-refractivity contribution in [1.82, 2.24) is 0 Å². The van der Waals surface area contributed by atoms with Crippen LogP contribution in [0.2, 0.25) is 0 Å². The van der Waals surface area contributed by atoms with Crippen LogP contribution in [0, 0.1) is 13.8 Å². The average molecular weight is 194 g/mol. The van der Waals surface area contributed by atoms with E-state index in [4.69, 9.17) is 14.8 Å². The molecule has 1 rings (SSSR count). The highest BCUT2D eigenvalue weighted by molar-refractivity contribution is 6.59. The molecule has 0 atom stereocenters. The number of benzene rings is 1. The van der Waals surface area contributed by atoms with Gasteiger partial charge in [0.1, 0.15) is 5.75 Å². The molecule has 0 saturated heterocycles. The number of hydrogen-bond acceptors (Lipinski definition) is 3. The molecule has 0 aliphatic rings. The minimum Gasteiger partial charge on any atom is -0.494 e. The Morgan fingerprint density at radius 1 is 1.21 bits per heavy atom. The van der Waals surface area contributed by atoms with Crippen LogP contribution in [-0.2, 0) is 0 Å². The molecular formula is C10H15BO3. The topological polar surface area (TPSA) is 49.7 Å². The first-order valence-electron chi connectivity index (χ1n) is 4.67. The summed E-state index contributed by atoms with van der Waals surface area (Å²) in [5.41, 5.74) is 2.36. The molecule has 0 aliphatic carbocycles. The fourth-order valence-electron chi connectivity index (χ4n) is 1.41. The standard InChI is InChI=1S/C10H15BO3/c1-4-14-10-6-5-9(11(12)13)7(2)8(10)3/h5-6,12-13H,4H2,1-3H3. The van der Waals surface area contributed by atoms with Crippen LogP contribution in [0.25, 0.3) is 0 Å². The zero-order chi connectivity index (χ0) is 10.7. The van der Waals surface area contributed by atoms with Crippen LogP contribution in [0.4, 0.5) is 0 Å². The second-order valence-corrected chi connectivity index (χ2v) is 3.21. The molecule has 76 valence electrons. The van der Waals surface area contributed by atoms with Crippen molar-refractivity contribution in [3.05, 3.63) is 23.3 Å². The molecule has 0 amide bonds. The van der Waals surface area contributed by atoms with E-state index in [1.807, 2.05) is 20.8 Å². The molecular weight excluding hydrogens is 179 g/mol. The minimum atomic E-state index is -1.41. The molecule has 0 saturated carbocycles. The van der Waals surface area contributed by atoms with E-state index in [1.54, 1.807) is 12.1 Å². The summed E-state index contributed by atoms with van der Waals surface area (Å²) < 4.78 is 5.39. The lowest BCUT2D eigenvalue weighted by atomic mass is 9.76. The van der Waals surface area contributed by atoms with Crippen LogP contribution in [0.5, 0.6) is 5.75 Å². The van der Waals surface area contributed by atoms with Gasteiger partial charge in [-0.3, -0.25) is 0 Å². The Morgan fingerprint density at radius 3 is 2.36 bits per heavy atom. The smallest absolute Gasteiger partial charge is 0.488 e. The maximum Gasteiger partial charge on any atom is 0.488 e. The quantitative estimate of drug-likeness (QED) is 0.684. The van der Waals surface area contributed by atoms with Gasteiger partial charge < -0.3 is 14.8 Å². The number of ether oxygens (including phenoxy) is 1. The molecule has 2 N–H and O–H groups in total. The van der Waals surface area contributed by atoms with Gasteiger partial charge in [0.15, 0.2) is 0 Å². The zero-order valence-electron chi connectivity index (χ0n) is 8.74. The first-order valence-corrected chi connectivity index (χ1v) is 4.67. The molecule has 0 bridgehead atoms. The van der Waals surface area contributed by atoms with Crippen molar-refractivity contribution in [3.8, 4) is 5.75 Å². The fraction of sp³-hybridized carbons (Fsp3) is 0.400. The Morgan fingerprint density at radius 2 is 1.86 bits per heavy atom. The lowest BCUT2D eigenvalue weighted by Crippen LogP contribution is -2.32. The predicted molar refractivity (Wildman–Crippen MR) is 56.9 cm³/mol. The lowest BCUT2D eigenvalue weighted by Gasteiger charge is -2.12. The van der Waals surface area contributed by atoms with Gasteiger partial charge in [-0.2, -0.15) is 0 Å². The van der Waals surface area contributed by atoms with Crippen LogP contribution in [0.15, 0.2) is 12.1 Å². The molecule has 3 nitrogen and oxygen atoms in total. The third-order valence-electron chi connectivity index (χ3n) is 2.36. The van der Waals surface area contributed by atoms with Gasteiger partial charge in [0.05, 0.1) is 6.61 Å². The van der Waals surface area contributed by atoms with Crippen LogP contribution in [-0.4, -0.2) is 23.8 Å². The van der Waals surface area contributed by atoms with Gasteiger partial charge in [-0.15, -0.1) is 0 Å². The van der Waals surface area contributed by atoms with Gasteiger partial charge in [-0.1, -0.05) is 6.07 Å². The summed E-state index contributed by atoms with van der Waals surface area (Å²) in [4.78, 5) is 0. The average Bonchev–Trinajstić information content (AvgIpc) is 2.13. The second kappa shape index (κ2) is 4.48. The molecule has 4 heteroatoms. The van der Waals surface area contributed by atoms with Crippen molar-refractivity contribution in [2.45, 2.75) is 20.8 Å². The highest BCUT2D eigenvalue weighted by Crippen LogP contribution is 2.19. The predicted octanol–water partition coefficient (Wildman–Crippen LogP) is 0.382. The van der Waals surface area contributed by atoms with E-state index >= 15 is 0 Å². The Bertz CT molecular complexity index is 323. The van der Waals surface area contributed by atoms with Gasteiger partial charge in [-0.25, -0.2) is 0 Å². The van der Waals surface area contributed by atoms with E-state index in [0.717, 1.165) is 16.9 Å². The third-order valence-corrected chi connectivity index (χ3v) is 2.36. The normalized spacial score (nSPS) is 10.1. The Kier molecular flexibility index (Phi) is 3.55. The fourth-order valence-corrected chi connectivity index (χ4v) is 1.41. The maximum absolute atomic E-state index is 9.06. The Hall–Kier alpha value is -0.995. The zero-order valence-corrected chi connectivity index (χ0v) is 8.74. The van der Waals surface area contributed by atoms with E-state index < -0.39 is 7.12 Å². The number of rotatable bonds is 3. The molecule has 1 aromatic carbocycles. The number of hydrogen-bond donors (Lipinski definition) is 2. The summed E-state index contributed by atoms with van der Waals surface area (Å²) in [5, 5.41) is 18.1. The van der Waals surface area contributed by atoms with E-state index in [2.05, 4.69) is 0 Å². The molecule has 0 unspecified atom stereocenters. The van der Waals surface area contributed by atoms with Crippen molar-refractivity contribution >= 4 is 12.6 Å². The molecule has 0 radical (unpaired) electrons. The van der Waals surface area contributed by atoms with Crippen LogP contribution in [0.3, 0.4) is 0 Å². The van der Waals surface area contributed by atoms with Crippen LogP contribution < -0.4 is 10.2 Å². The van der Waals surface area contributed by atoms with Crippen molar-refractivity contribution in [2.24, 2.45) is 0 Å². The molecule has 0 heterocycles. The van der Waals surface area contributed by atoms with Gasteiger partial charge in [0.2, 0.25) is 0 Å². The van der Waals surface area contributed by atoms with Crippen molar-refractivity contribution in [1.29, 1.82) is 0 Å². The Balaban J connectivity index is 3.12.